The van der Waals surface area contributed by atoms with Gasteiger partial charge >= 0.3 is 0 Å². The maximum Gasteiger partial charge on any atom is 0.271 e. The lowest BCUT2D eigenvalue weighted by molar-refractivity contribution is 0.479. The minimum Gasteiger partial charge on any atom is -0.365 e. The summed E-state index contributed by atoms with van der Waals surface area (Å²) >= 11 is 7.88. The topological polar surface area (TPSA) is 70.1 Å². The first-order valence-electron chi connectivity index (χ1n) is 9.03. The normalized spacial score (nSPS) is 20.7. The highest BCUT2D eigenvalue weighted by molar-refractivity contribution is 7.12. The maximum absolute atomic E-state index is 15.1. The summed E-state index contributed by atoms with van der Waals surface area (Å²) in [5.41, 5.74) is -0.00341. The van der Waals surface area contributed by atoms with Crippen LogP contribution < -0.4 is 21.2 Å². The smallest absolute Gasteiger partial charge is 0.271 e. The molecule has 0 radical (unpaired) electrons. The molecule has 1 saturated carbocycles. The molecule has 9 heteroatoms. The van der Waals surface area contributed by atoms with Gasteiger partial charge in [-0.3, -0.25) is 14.0 Å². The van der Waals surface area contributed by atoms with Crippen LogP contribution in [0.15, 0.2) is 15.7 Å². The van der Waals surface area contributed by atoms with Crippen molar-refractivity contribution >= 4 is 49.9 Å². The molecule has 1 aromatic carbocycles. The van der Waals surface area contributed by atoms with Gasteiger partial charge in [0.2, 0.25) is 5.43 Å². The molecule has 142 valence electrons. The van der Waals surface area contributed by atoms with Crippen molar-refractivity contribution in [2.24, 2.45) is 0 Å². The van der Waals surface area contributed by atoms with E-state index in [1.807, 2.05) is 16.4 Å². The molecule has 1 aliphatic heterocycles. The number of hydrogen-bond donors (Lipinski definition) is 2. The van der Waals surface area contributed by atoms with Gasteiger partial charge in [0, 0.05) is 31.7 Å². The number of aromatic nitrogens is 2. The molecule has 0 amide bonds. The summed E-state index contributed by atoms with van der Waals surface area (Å²) in [7, 11) is 0. The van der Waals surface area contributed by atoms with Gasteiger partial charge in [0.1, 0.15) is 16.0 Å². The second-order valence-corrected chi connectivity index (χ2v) is 8.53. The molecule has 1 atom stereocenters. The van der Waals surface area contributed by atoms with Crippen LogP contribution in [0.5, 0.6) is 0 Å². The number of piperazine rings is 1. The Morgan fingerprint density at radius 1 is 1.33 bits per heavy atom. The van der Waals surface area contributed by atoms with E-state index >= 15 is 4.39 Å². The highest BCUT2D eigenvalue weighted by atomic mass is 35.5. The van der Waals surface area contributed by atoms with Crippen LogP contribution in [0.3, 0.4) is 0 Å². The van der Waals surface area contributed by atoms with Gasteiger partial charge in [-0.05, 0) is 37.4 Å². The Kier molecular flexibility index (Phi) is 3.86. The first-order valence-corrected chi connectivity index (χ1v) is 10.2. The van der Waals surface area contributed by atoms with Gasteiger partial charge in [0.15, 0.2) is 0 Å². The number of aromatic amines is 1. The molecule has 3 aromatic rings. The van der Waals surface area contributed by atoms with Crippen molar-refractivity contribution in [3.63, 3.8) is 0 Å². The molecule has 0 bridgehead atoms. The van der Waals surface area contributed by atoms with E-state index in [2.05, 4.69) is 9.69 Å². The Bertz CT molecular complexity index is 1200. The molecule has 1 aliphatic carbocycles. The quantitative estimate of drug-likeness (QED) is 0.684. The van der Waals surface area contributed by atoms with Crippen molar-refractivity contribution < 1.29 is 4.39 Å². The molecule has 1 saturated heterocycles. The molecule has 6 nitrogen and oxygen atoms in total. The number of nitrogens with one attached hydrogen (secondary N) is 2. The van der Waals surface area contributed by atoms with E-state index in [0.717, 1.165) is 30.9 Å². The zero-order valence-corrected chi connectivity index (χ0v) is 16.2. The molecule has 2 aliphatic rings. The van der Waals surface area contributed by atoms with Crippen molar-refractivity contribution in [3.8, 4) is 0 Å². The third-order valence-electron chi connectivity index (χ3n) is 5.38. The minimum absolute atomic E-state index is 0.0958. The van der Waals surface area contributed by atoms with Crippen molar-refractivity contribution in [1.82, 2.24) is 14.3 Å². The predicted molar refractivity (Wildman–Crippen MR) is 107 cm³/mol. The van der Waals surface area contributed by atoms with Gasteiger partial charge in [-0.15, -0.1) is 0 Å². The molecule has 2 fully saturated rings. The SMILES string of the molecule is CC1CN(c2c(F)cc3c(=O)c4c(=O)[nH]sc4n(C4CC4)c3c2Cl)CCN1. The van der Waals surface area contributed by atoms with Gasteiger partial charge in [0.05, 0.1) is 21.6 Å². The van der Waals surface area contributed by atoms with Crippen LogP contribution in [0, 0.1) is 5.82 Å². The van der Waals surface area contributed by atoms with E-state index in [9.17, 15) is 9.59 Å². The number of anilines is 1. The highest BCUT2D eigenvalue weighted by Gasteiger charge is 2.32. The Labute approximate surface area is 162 Å². The van der Waals surface area contributed by atoms with Crippen molar-refractivity contribution in [2.75, 3.05) is 24.5 Å². The van der Waals surface area contributed by atoms with Crippen LogP contribution in [-0.4, -0.2) is 34.6 Å². The highest BCUT2D eigenvalue weighted by Crippen LogP contribution is 2.44. The van der Waals surface area contributed by atoms with E-state index < -0.39 is 16.8 Å². The Balaban J connectivity index is 1.88. The molecule has 2 N–H and O–H groups in total. The third-order valence-corrected chi connectivity index (χ3v) is 6.62. The van der Waals surface area contributed by atoms with Crippen LogP contribution in [0.25, 0.3) is 21.1 Å². The van der Waals surface area contributed by atoms with E-state index in [1.54, 1.807) is 0 Å². The average molecular weight is 409 g/mol. The van der Waals surface area contributed by atoms with Crippen LogP contribution in [0.4, 0.5) is 10.1 Å². The van der Waals surface area contributed by atoms with Crippen LogP contribution in [0.2, 0.25) is 5.02 Å². The molecule has 1 unspecified atom stereocenters. The van der Waals surface area contributed by atoms with E-state index in [1.165, 1.54) is 6.07 Å². The van der Waals surface area contributed by atoms with Gasteiger partial charge < -0.3 is 14.8 Å². The van der Waals surface area contributed by atoms with E-state index in [-0.39, 0.29) is 27.9 Å². The predicted octanol–water partition coefficient (Wildman–Crippen LogP) is 2.83. The first-order chi connectivity index (χ1) is 13.0. The second kappa shape index (κ2) is 6.05. The number of halogens is 2. The fourth-order valence-corrected chi connectivity index (χ4v) is 5.33. The summed E-state index contributed by atoms with van der Waals surface area (Å²) in [6, 6.07) is 1.65. The average Bonchev–Trinajstić information content (AvgIpc) is 3.39. The number of hydrogen-bond acceptors (Lipinski definition) is 5. The second-order valence-electron chi connectivity index (χ2n) is 7.36. The molecule has 5 rings (SSSR count). The zero-order valence-electron chi connectivity index (χ0n) is 14.6. The fraction of sp³-hybridized carbons (Fsp3) is 0.444. The number of H-pyrrole nitrogens is 1. The molecule has 27 heavy (non-hydrogen) atoms. The lowest BCUT2D eigenvalue weighted by Gasteiger charge is -2.34. The molecular weight excluding hydrogens is 391 g/mol. The number of fused-ring (bicyclic) bond motifs is 2. The first kappa shape index (κ1) is 17.2. The summed E-state index contributed by atoms with van der Waals surface area (Å²) in [6.45, 7) is 4.05. The van der Waals surface area contributed by atoms with E-state index in [0.29, 0.717) is 29.1 Å². The molecule has 2 aromatic heterocycles. The number of rotatable bonds is 2. The number of nitrogens with zero attached hydrogens (tertiary/aromatic N) is 2. The van der Waals surface area contributed by atoms with Gasteiger partial charge in [-0.1, -0.05) is 11.6 Å². The van der Waals surface area contributed by atoms with Gasteiger partial charge in [-0.2, -0.15) is 0 Å². The molecule has 0 spiro atoms. The summed E-state index contributed by atoms with van der Waals surface area (Å²) < 4.78 is 19.7. The van der Waals surface area contributed by atoms with E-state index in [4.69, 9.17) is 11.6 Å². The largest absolute Gasteiger partial charge is 0.365 e. The summed E-state index contributed by atoms with van der Waals surface area (Å²) in [4.78, 5) is 27.6. The Hall–Kier alpha value is -1.90. The van der Waals surface area contributed by atoms with Crippen LogP contribution in [0.1, 0.15) is 25.8 Å². The van der Waals surface area contributed by atoms with Gasteiger partial charge in [0.25, 0.3) is 5.56 Å². The van der Waals surface area contributed by atoms with Crippen molar-refractivity contribution in [2.45, 2.75) is 31.8 Å². The minimum atomic E-state index is -0.521. The Morgan fingerprint density at radius 3 is 2.81 bits per heavy atom. The van der Waals surface area contributed by atoms with Crippen molar-refractivity contribution in [1.29, 1.82) is 0 Å². The fourth-order valence-electron chi connectivity index (χ4n) is 4.01. The van der Waals surface area contributed by atoms with Crippen LogP contribution >= 0.6 is 23.1 Å². The lowest BCUT2D eigenvalue weighted by Crippen LogP contribution is -2.49. The summed E-state index contributed by atoms with van der Waals surface area (Å²) in [6.07, 6.45) is 1.90. The Morgan fingerprint density at radius 2 is 2.11 bits per heavy atom. The molecular formula is C18H18ClFN4O2S. The molecule has 3 heterocycles. The lowest BCUT2D eigenvalue weighted by atomic mass is 10.1. The number of pyridine rings is 1. The number of benzene rings is 1. The van der Waals surface area contributed by atoms with Crippen LogP contribution in [-0.2, 0) is 0 Å². The summed E-state index contributed by atoms with van der Waals surface area (Å²) in [5.74, 6) is -0.521. The third kappa shape index (κ3) is 2.54. The maximum atomic E-state index is 15.1. The standard InChI is InChI=1S/C18H18ClFN4O2S/c1-8-7-23(5-4-21-8)15-11(20)6-10-14(13(15)19)24(9-2-3-9)18-12(16(10)25)17(26)22-27-18/h6,8-9,21H,2-5,7H2,1H3,(H,22,26). The monoisotopic (exact) mass is 408 g/mol. The van der Waals surface area contributed by atoms with Crippen molar-refractivity contribution in [3.05, 3.63) is 37.5 Å². The zero-order chi connectivity index (χ0) is 18.9. The van der Waals surface area contributed by atoms with Gasteiger partial charge in [-0.25, -0.2) is 4.39 Å². The summed E-state index contributed by atoms with van der Waals surface area (Å²) in [5, 5.41) is 3.86.